The maximum Gasteiger partial charge on any atom is 0.276 e. The molecule has 4 N–H and O–H groups in total. The Bertz CT molecular complexity index is 1570. The van der Waals surface area contributed by atoms with Crippen molar-refractivity contribution in [2.24, 2.45) is 0 Å². The second-order valence-corrected chi connectivity index (χ2v) is 10.7. The molecule has 6 rings (SSSR count). The van der Waals surface area contributed by atoms with E-state index in [1.807, 2.05) is 6.07 Å². The van der Waals surface area contributed by atoms with Gasteiger partial charge < -0.3 is 21.3 Å². The highest BCUT2D eigenvalue weighted by Crippen LogP contribution is 2.30. The van der Waals surface area contributed by atoms with Crippen LogP contribution in [0.3, 0.4) is 0 Å². The van der Waals surface area contributed by atoms with Gasteiger partial charge in [0.25, 0.3) is 11.8 Å². The largest absolute Gasteiger partial charge is 0.379 e. The number of halogens is 2. The van der Waals surface area contributed by atoms with E-state index in [0.29, 0.717) is 28.1 Å². The van der Waals surface area contributed by atoms with Gasteiger partial charge in [-0.2, -0.15) is 0 Å². The van der Waals surface area contributed by atoms with Gasteiger partial charge in [-0.25, -0.2) is 13.9 Å². The van der Waals surface area contributed by atoms with Crippen LogP contribution < -0.4 is 21.3 Å². The number of imidazole rings is 1. The number of fused-ring (bicyclic) bond motifs is 1. The molecule has 2 aliphatic carbocycles. The molecule has 10 nitrogen and oxygen atoms in total. The number of anilines is 3. The van der Waals surface area contributed by atoms with Crippen LogP contribution >= 0.6 is 11.6 Å². The SMILES string of the molecule is O=C(N[C@H]1CC[C@H](Nc2cc(NC3CC3)c3ncc(C(=O)Nc4ccncc4F)n3n2)CC1)c1cccc(Cl)c1. The van der Waals surface area contributed by atoms with Gasteiger partial charge >= 0.3 is 0 Å². The van der Waals surface area contributed by atoms with Gasteiger partial charge in [0.15, 0.2) is 17.2 Å². The van der Waals surface area contributed by atoms with E-state index >= 15 is 0 Å². The van der Waals surface area contributed by atoms with Crippen molar-refractivity contribution >= 4 is 46.3 Å². The Balaban J connectivity index is 1.16. The zero-order chi connectivity index (χ0) is 27.6. The van der Waals surface area contributed by atoms with Crippen molar-refractivity contribution in [1.82, 2.24) is 24.9 Å². The normalized spacial score (nSPS) is 18.8. The monoisotopic (exact) mass is 562 g/mol. The van der Waals surface area contributed by atoms with Crippen molar-refractivity contribution < 1.29 is 14.0 Å². The van der Waals surface area contributed by atoms with Gasteiger partial charge in [0.1, 0.15) is 5.82 Å². The molecule has 40 heavy (non-hydrogen) atoms. The van der Waals surface area contributed by atoms with Crippen molar-refractivity contribution in [2.75, 3.05) is 16.0 Å². The first-order valence-electron chi connectivity index (χ1n) is 13.3. The Morgan fingerprint density at radius 2 is 1.65 bits per heavy atom. The first-order valence-corrected chi connectivity index (χ1v) is 13.7. The van der Waals surface area contributed by atoms with Crippen LogP contribution in [0, 0.1) is 5.82 Å². The summed E-state index contributed by atoms with van der Waals surface area (Å²) >= 11 is 6.02. The van der Waals surface area contributed by atoms with Gasteiger partial charge in [0.2, 0.25) is 0 Å². The summed E-state index contributed by atoms with van der Waals surface area (Å²) in [5.74, 6) is -0.686. The minimum atomic E-state index is -0.629. The van der Waals surface area contributed by atoms with Crippen molar-refractivity contribution in [2.45, 2.75) is 56.7 Å². The third-order valence-electron chi connectivity index (χ3n) is 7.16. The average Bonchev–Trinajstić information content (AvgIpc) is 3.66. The quantitative estimate of drug-likeness (QED) is 0.241. The second kappa shape index (κ2) is 11.1. The molecule has 1 aromatic carbocycles. The first kappa shape index (κ1) is 26.0. The maximum atomic E-state index is 14.1. The summed E-state index contributed by atoms with van der Waals surface area (Å²) in [5.41, 5.74) is 2.05. The number of pyridine rings is 1. The number of nitrogens with one attached hydrogen (secondary N) is 4. The summed E-state index contributed by atoms with van der Waals surface area (Å²) in [6.45, 7) is 0. The van der Waals surface area contributed by atoms with Gasteiger partial charge in [0, 0.05) is 41.0 Å². The highest BCUT2D eigenvalue weighted by molar-refractivity contribution is 6.31. The van der Waals surface area contributed by atoms with Crippen LogP contribution in [0.5, 0.6) is 0 Å². The second-order valence-electron chi connectivity index (χ2n) is 10.2. The number of amides is 2. The molecule has 2 aliphatic rings. The molecule has 0 radical (unpaired) electrons. The molecule has 12 heteroatoms. The molecular weight excluding hydrogens is 535 g/mol. The Morgan fingerprint density at radius 1 is 0.900 bits per heavy atom. The zero-order valence-corrected chi connectivity index (χ0v) is 22.3. The molecule has 0 aliphatic heterocycles. The molecule has 206 valence electrons. The predicted molar refractivity (Wildman–Crippen MR) is 150 cm³/mol. The molecule has 3 aromatic heterocycles. The number of carbonyl (C=O) groups excluding carboxylic acids is 2. The standard InChI is InChI=1S/C28H28ClFN8O2/c29-17-3-1-2-16(12-17)27(39)35-20-8-6-19(7-9-20)34-25-13-23(33-18-4-5-18)26-32-15-24(38(26)37-25)28(40)36-22-10-11-31-14-21(22)30/h1-3,10-15,18-20,33H,4-9H2,(H,34,37)(H,35,39)(H,31,36,40)/t19-,20-. The fourth-order valence-electron chi connectivity index (χ4n) is 4.90. The maximum absolute atomic E-state index is 14.1. The Labute approximate surface area is 234 Å². The number of aromatic nitrogens is 4. The molecule has 0 saturated heterocycles. The van der Waals surface area contributed by atoms with Gasteiger partial charge in [0.05, 0.1) is 23.8 Å². The number of hydrogen-bond donors (Lipinski definition) is 4. The number of hydrogen-bond acceptors (Lipinski definition) is 7. The summed E-state index contributed by atoms with van der Waals surface area (Å²) in [6.07, 6.45) is 9.32. The van der Waals surface area contributed by atoms with Crippen LogP contribution in [0.1, 0.15) is 59.4 Å². The van der Waals surface area contributed by atoms with E-state index in [9.17, 15) is 14.0 Å². The lowest BCUT2D eigenvalue weighted by molar-refractivity contribution is 0.0925. The van der Waals surface area contributed by atoms with Crippen LogP contribution in [-0.4, -0.2) is 49.5 Å². The Morgan fingerprint density at radius 3 is 2.40 bits per heavy atom. The molecule has 4 aromatic rings. The fraction of sp³-hybridized carbons (Fsp3) is 0.321. The smallest absolute Gasteiger partial charge is 0.276 e. The van der Waals surface area contributed by atoms with E-state index in [1.165, 1.54) is 23.0 Å². The lowest BCUT2D eigenvalue weighted by Crippen LogP contribution is -2.40. The lowest BCUT2D eigenvalue weighted by Gasteiger charge is -2.30. The molecule has 0 unspecified atom stereocenters. The molecule has 2 fully saturated rings. The number of carbonyl (C=O) groups is 2. The van der Waals surface area contributed by atoms with E-state index in [1.54, 1.807) is 24.3 Å². The van der Waals surface area contributed by atoms with Crippen LogP contribution in [0.25, 0.3) is 5.65 Å². The summed E-state index contributed by atoms with van der Waals surface area (Å²) in [5, 5.41) is 17.9. The number of rotatable bonds is 8. The minimum Gasteiger partial charge on any atom is -0.379 e. The predicted octanol–water partition coefficient (Wildman–Crippen LogP) is 4.90. The topological polar surface area (TPSA) is 125 Å². The van der Waals surface area contributed by atoms with E-state index in [0.717, 1.165) is 50.4 Å². The third kappa shape index (κ3) is 5.84. The van der Waals surface area contributed by atoms with Gasteiger partial charge in [-0.05, 0) is 62.8 Å². The van der Waals surface area contributed by atoms with Crippen LogP contribution in [0.2, 0.25) is 5.02 Å². The molecular formula is C28H28ClFN8O2. The van der Waals surface area contributed by atoms with E-state index in [2.05, 4.69) is 36.3 Å². The molecule has 2 saturated carbocycles. The van der Waals surface area contributed by atoms with Crippen molar-refractivity contribution in [3.63, 3.8) is 0 Å². The van der Waals surface area contributed by atoms with Crippen molar-refractivity contribution in [1.29, 1.82) is 0 Å². The molecule has 0 bridgehead atoms. The molecule has 0 spiro atoms. The van der Waals surface area contributed by atoms with Crippen LogP contribution in [-0.2, 0) is 0 Å². The summed E-state index contributed by atoms with van der Waals surface area (Å²) in [4.78, 5) is 33.8. The Kier molecular flexibility index (Phi) is 7.21. The van der Waals surface area contributed by atoms with Gasteiger partial charge in [-0.1, -0.05) is 17.7 Å². The molecule has 0 atom stereocenters. The molecule has 3 heterocycles. The highest BCUT2D eigenvalue weighted by atomic mass is 35.5. The van der Waals surface area contributed by atoms with Crippen LogP contribution in [0.15, 0.2) is 55.0 Å². The van der Waals surface area contributed by atoms with Gasteiger partial charge in [-0.3, -0.25) is 14.6 Å². The summed E-state index contributed by atoms with van der Waals surface area (Å²) < 4.78 is 15.6. The number of benzene rings is 1. The van der Waals surface area contributed by atoms with Crippen molar-refractivity contribution in [3.05, 3.63) is 77.1 Å². The third-order valence-corrected chi connectivity index (χ3v) is 7.39. The van der Waals surface area contributed by atoms with Crippen LogP contribution in [0.4, 0.5) is 21.6 Å². The Hall–Kier alpha value is -4.25. The summed E-state index contributed by atoms with van der Waals surface area (Å²) in [6, 6.07) is 10.8. The highest BCUT2D eigenvalue weighted by Gasteiger charge is 2.26. The van der Waals surface area contributed by atoms with Crippen molar-refractivity contribution in [3.8, 4) is 0 Å². The van der Waals surface area contributed by atoms with E-state index < -0.39 is 11.7 Å². The average molecular weight is 563 g/mol. The summed E-state index contributed by atoms with van der Waals surface area (Å²) in [7, 11) is 0. The lowest BCUT2D eigenvalue weighted by atomic mass is 9.91. The van der Waals surface area contributed by atoms with Gasteiger partial charge in [-0.15, -0.1) is 5.10 Å². The van der Waals surface area contributed by atoms with E-state index in [-0.39, 0.29) is 29.4 Å². The van der Waals surface area contributed by atoms with E-state index in [4.69, 9.17) is 11.6 Å². The zero-order valence-electron chi connectivity index (χ0n) is 21.5. The number of nitrogens with zero attached hydrogens (tertiary/aromatic N) is 4. The minimum absolute atomic E-state index is 0.0276. The molecule has 2 amide bonds. The first-order chi connectivity index (χ1) is 19.4. The fourth-order valence-corrected chi connectivity index (χ4v) is 5.09.